The molecular weight excluding hydrogens is 335 g/mol. The summed E-state index contributed by atoms with van der Waals surface area (Å²) in [4.78, 5) is 32.9. The van der Waals surface area contributed by atoms with Crippen molar-refractivity contribution in [1.29, 1.82) is 0 Å². The highest BCUT2D eigenvalue weighted by molar-refractivity contribution is 5.97. The van der Waals surface area contributed by atoms with Crippen molar-refractivity contribution in [3.63, 3.8) is 0 Å². The molecule has 0 aliphatic carbocycles. The molecule has 1 atom stereocenters. The first-order chi connectivity index (χ1) is 12.6. The average Bonchev–Trinajstić information content (AvgIpc) is 2.68. The molecule has 1 saturated heterocycles. The van der Waals surface area contributed by atoms with Crippen molar-refractivity contribution in [3.05, 3.63) is 60.0 Å². The fourth-order valence-electron chi connectivity index (χ4n) is 2.95. The highest BCUT2D eigenvalue weighted by Gasteiger charge is 2.26. The molecule has 6 nitrogen and oxygen atoms in total. The van der Waals surface area contributed by atoms with E-state index < -0.39 is 17.8 Å². The van der Waals surface area contributed by atoms with Crippen LogP contribution in [0.1, 0.15) is 17.3 Å². The van der Waals surface area contributed by atoms with Crippen LogP contribution in [0.15, 0.2) is 48.7 Å². The summed E-state index contributed by atoms with van der Waals surface area (Å²) in [5.74, 6) is -0.472. The van der Waals surface area contributed by atoms with Gasteiger partial charge in [-0.25, -0.2) is 9.37 Å². The fraction of sp³-hybridized carbons (Fsp3) is 0.316. The number of rotatable bonds is 4. The molecule has 2 amide bonds. The molecule has 1 aromatic carbocycles. The Labute approximate surface area is 151 Å². The monoisotopic (exact) mass is 356 g/mol. The van der Waals surface area contributed by atoms with Gasteiger partial charge >= 0.3 is 0 Å². The molecular formula is C19H21FN4O2. The Bertz CT molecular complexity index is 776. The third kappa shape index (κ3) is 3.99. The molecule has 26 heavy (non-hydrogen) atoms. The normalized spacial score (nSPS) is 15.5. The molecule has 136 valence electrons. The van der Waals surface area contributed by atoms with Gasteiger partial charge in [-0.2, -0.15) is 0 Å². The zero-order chi connectivity index (χ0) is 18.5. The van der Waals surface area contributed by atoms with Crippen LogP contribution in [0, 0.1) is 5.82 Å². The number of nitrogens with zero attached hydrogens (tertiary/aromatic N) is 3. The predicted octanol–water partition coefficient (Wildman–Crippen LogP) is 1.69. The largest absolute Gasteiger partial charge is 0.353 e. The smallest absolute Gasteiger partial charge is 0.254 e. The van der Waals surface area contributed by atoms with Gasteiger partial charge in [0.2, 0.25) is 5.91 Å². The molecule has 3 rings (SSSR count). The van der Waals surface area contributed by atoms with Crippen LogP contribution in [0.5, 0.6) is 0 Å². The predicted molar refractivity (Wildman–Crippen MR) is 96.4 cm³/mol. The standard InChI is InChI=1S/C19H21FN4O2/c1-14(22-18(25)15-6-2-3-7-16(15)20)19(26)24-12-10-23(11-13-24)17-8-4-5-9-21-17/h2-9,14H,10-13H2,1H3,(H,22,25). The van der Waals surface area contributed by atoms with Gasteiger partial charge in [-0.15, -0.1) is 0 Å². The number of halogens is 1. The summed E-state index contributed by atoms with van der Waals surface area (Å²) < 4.78 is 13.7. The fourth-order valence-corrected chi connectivity index (χ4v) is 2.95. The first-order valence-electron chi connectivity index (χ1n) is 8.56. The molecule has 1 aromatic heterocycles. The van der Waals surface area contributed by atoms with Crippen LogP contribution in [-0.2, 0) is 4.79 Å². The van der Waals surface area contributed by atoms with E-state index >= 15 is 0 Å². The van der Waals surface area contributed by atoms with Gasteiger partial charge in [-0.05, 0) is 31.2 Å². The number of piperazine rings is 1. The minimum absolute atomic E-state index is 0.0629. The first kappa shape index (κ1) is 17.8. The third-order valence-electron chi connectivity index (χ3n) is 4.40. The molecule has 0 bridgehead atoms. The minimum Gasteiger partial charge on any atom is -0.353 e. The van der Waals surface area contributed by atoms with Crippen LogP contribution >= 0.6 is 0 Å². The molecule has 1 fully saturated rings. The van der Waals surface area contributed by atoms with Crippen molar-refractivity contribution < 1.29 is 14.0 Å². The van der Waals surface area contributed by atoms with E-state index in [1.807, 2.05) is 18.2 Å². The molecule has 0 saturated carbocycles. The van der Waals surface area contributed by atoms with E-state index in [4.69, 9.17) is 0 Å². The van der Waals surface area contributed by atoms with Gasteiger partial charge in [0.1, 0.15) is 17.7 Å². The van der Waals surface area contributed by atoms with Gasteiger partial charge in [0, 0.05) is 32.4 Å². The Morgan fingerprint density at radius 3 is 2.42 bits per heavy atom. The van der Waals surface area contributed by atoms with Crippen molar-refractivity contribution in [2.24, 2.45) is 0 Å². The van der Waals surface area contributed by atoms with E-state index in [-0.39, 0.29) is 11.5 Å². The highest BCUT2D eigenvalue weighted by Crippen LogP contribution is 2.13. The van der Waals surface area contributed by atoms with E-state index in [1.54, 1.807) is 24.1 Å². The molecule has 1 N–H and O–H groups in total. The zero-order valence-corrected chi connectivity index (χ0v) is 14.6. The SMILES string of the molecule is CC(NC(=O)c1ccccc1F)C(=O)N1CCN(c2ccccn2)CC1. The van der Waals surface area contributed by atoms with Gasteiger partial charge < -0.3 is 15.1 Å². The third-order valence-corrected chi connectivity index (χ3v) is 4.40. The minimum atomic E-state index is -0.719. The van der Waals surface area contributed by atoms with Crippen molar-refractivity contribution in [2.45, 2.75) is 13.0 Å². The van der Waals surface area contributed by atoms with E-state index in [9.17, 15) is 14.0 Å². The molecule has 1 aliphatic heterocycles. The summed E-state index contributed by atoms with van der Waals surface area (Å²) in [7, 11) is 0. The quantitative estimate of drug-likeness (QED) is 0.905. The molecule has 0 radical (unpaired) electrons. The maximum absolute atomic E-state index is 13.7. The second-order valence-corrected chi connectivity index (χ2v) is 6.18. The lowest BCUT2D eigenvalue weighted by Gasteiger charge is -2.36. The summed E-state index contributed by atoms with van der Waals surface area (Å²) in [5.41, 5.74) is -0.0629. The summed E-state index contributed by atoms with van der Waals surface area (Å²) in [6, 6.07) is 10.7. The van der Waals surface area contributed by atoms with Crippen LogP contribution in [-0.4, -0.2) is 53.9 Å². The van der Waals surface area contributed by atoms with Gasteiger partial charge in [0.25, 0.3) is 5.91 Å². The van der Waals surface area contributed by atoms with Gasteiger partial charge in [-0.3, -0.25) is 9.59 Å². The second kappa shape index (κ2) is 7.95. The summed E-state index contributed by atoms with van der Waals surface area (Å²) >= 11 is 0. The number of benzene rings is 1. The van der Waals surface area contributed by atoms with Crippen molar-refractivity contribution in [3.8, 4) is 0 Å². The molecule has 2 heterocycles. The lowest BCUT2D eigenvalue weighted by atomic mass is 10.1. The van der Waals surface area contributed by atoms with Gasteiger partial charge in [0.15, 0.2) is 0 Å². The number of carbonyl (C=O) groups excluding carboxylic acids is 2. The number of pyridine rings is 1. The summed E-state index contributed by atoms with van der Waals surface area (Å²) in [6.45, 7) is 4.07. The van der Waals surface area contributed by atoms with E-state index in [2.05, 4.69) is 15.2 Å². The molecule has 7 heteroatoms. The number of aromatic nitrogens is 1. The lowest BCUT2D eigenvalue weighted by molar-refractivity contribution is -0.133. The Hall–Kier alpha value is -2.96. The van der Waals surface area contributed by atoms with E-state index in [0.29, 0.717) is 26.2 Å². The summed E-state index contributed by atoms with van der Waals surface area (Å²) in [5, 5.41) is 2.58. The number of carbonyl (C=O) groups is 2. The highest BCUT2D eigenvalue weighted by atomic mass is 19.1. The van der Waals surface area contributed by atoms with Gasteiger partial charge in [0.05, 0.1) is 5.56 Å². The number of hydrogen-bond donors (Lipinski definition) is 1. The van der Waals surface area contributed by atoms with Crippen LogP contribution in [0.25, 0.3) is 0 Å². The second-order valence-electron chi connectivity index (χ2n) is 6.18. The van der Waals surface area contributed by atoms with E-state index in [0.717, 1.165) is 5.82 Å². The molecule has 1 unspecified atom stereocenters. The van der Waals surface area contributed by atoms with E-state index in [1.165, 1.54) is 18.2 Å². The average molecular weight is 356 g/mol. The molecule has 2 aromatic rings. The number of anilines is 1. The van der Waals surface area contributed by atoms with Crippen LogP contribution in [0.3, 0.4) is 0 Å². The Balaban J connectivity index is 1.55. The van der Waals surface area contributed by atoms with Crippen molar-refractivity contribution >= 4 is 17.6 Å². The van der Waals surface area contributed by atoms with Crippen LogP contribution in [0.4, 0.5) is 10.2 Å². The number of hydrogen-bond acceptors (Lipinski definition) is 4. The Morgan fingerprint density at radius 2 is 1.77 bits per heavy atom. The van der Waals surface area contributed by atoms with Crippen LogP contribution < -0.4 is 10.2 Å². The summed E-state index contributed by atoms with van der Waals surface area (Å²) in [6.07, 6.45) is 1.74. The topological polar surface area (TPSA) is 65.5 Å². The Kier molecular flexibility index (Phi) is 5.46. The number of amides is 2. The molecule has 1 aliphatic rings. The van der Waals surface area contributed by atoms with Crippen LogP contribution in [0.2, 0.25) is 0 Å². The first-order valence-corrected chi connectivity index (χ1v) is 8.56. The van der Waals surface area contributed by atoms with Gasteiger partial charge in [-0.1, -0.05) is 18.2 Å². The maximum atomic E-state index is 13.7. The zero-order valence-electron chi connectivity index (χ0n) is 14.6. The Morgan fingerprint density at radius 1 is 1.08 bits per heavy atom. The maximum Gasteiger partial charge on any atom is 0.254 e. The molecule has 0 spiro atoms. The van der Waals surface area contributed by atoms with Crippen molar-refractivity contribution in [2.75, 3.05) is 31.1 Å². The lowest BCUT2D eigenvalue weighted by Crippen LogP contribution is -2.54. The number of nitrogens with one attached hydrogen (secondary N) is 1. The van der Waals surface area contributed by atoms with Crippen molar-refractivity contribution in [1.82, 2.24) is 15.2 Å².